The summed E-state index contributed by atoms with van der Waals surface area (Å²) < 4.78 is 26.4. The molecule has 1 aliphatic rings. The van der Waals surface area contributed by atoms with Crippen molar-refractivity contribution in [2.24, 2.45) is 0 Å². The fourth-order valence-corrected chi connectivity index (χ4v) is 3.78. The molecule has 0 radical (unpaired) electrons. The zero-order chi connectivity index (χ0) is 23.2. The molecule has 0 saturated carbocycles. The normalized spacial score (nSPS) is 14.8. The standard InChI is InChI=1S/C24H26F2N6O/c1-17(29-24(33)8-6-18-5-7-19(25)20(26)14-18)21-15-27-16-23(30-21)32-12-10-31(11-13-32)22-4-2-3-9-28-22/h2-5,7,9,14-17H,6,8,10-13H2,1H3,(H,29,33)/t17-/m0/s1. The summed E-state index contributed by atoms with van der Waals surface area (Å²) in [6.07, 6.45) is 5.66. The average Bonchev–Trinajstić information content (AvgIpc) is 2.85. The Morgan fingerprint density at radius 3 is 2.48 bits per heavy atom. The van der Waals surface area contributed by atoms with Crippen molar-refractivity contribution in [3.63, 3.8) is 0 Å². The van der Waals surface area contributed by atoms with Crippen molar-refractivity contribution < 1.29 is 13.6 Å². The van der Waals surface area contributed by atoms with E-state index in [0.29, 0.717) is 17.7 Å². The van der Waals surface area contributed by atoms with E-state index in [-0.39, 0.29) is 18.4 Å². The van der Waals surface area contributed by atoms with Gasteiger partial charge in [0.1, 0.15) is 11.6 Å². The molecule has 3 heterocycles. The maximum atomic E-state index is 13.3. The summed E-state index contributed by atoms with van der Waals surface area (Å²) >= 11 is 0. The highest BCUT2D eigenvalue weighted by molar-refractivity contribution is 5.76. The van der Waals surface area contributed by atoms with Gasteiger partial charge < -0.3 is 15.1 Å². The van der Waals surface area contributed by atoms with Crippen molar-refractivity contribution in [3.8, 4) is 0 Å². The van der Waals surface area contributed by atoms with Crippen molar-refractivity contribution in [1.29, 1.82) is 0 Å². The molecule has 1 aromatic carbocycles. The van der Waals surface area contributed by atoms with E-state index in [9.17, 15) is 13.6 Å². The second-order valence-corrected chi connectivity index (χ2v) is 8.00. The SMILES string of the molecule is C[C@H](NC(=O)CCc1ccc(F)c(F)c1)c1cncc(N2CCN(c3ccccn3)CC2)n1. The zero-order valence-corrected chi connectivity index (χ0v) is 18.4. The van der Waals surface area contributed by atoms with Crippen LogP contribution in [-0.2, 0) is 11.2 Å². The van der Waals surface area contributed by atoms with Gasteiger partial charge in [-0.1, -0.05) is 12.1 Å². The fraction of sp³-hybridized carbons (Fsp3) is 0.333. The highest BCUT2D eigenvalue weighted by Gasteiger charge is 2.20. The summed E-state index contributed by atoms with van der Waals surface area (Å²) in [6, 6.07) is 9.24. The summed E-state index contributed by atoms with van der Waals surface area (Å²) in [5.74, 6) is -0.251. The lowest BCUT2D eigenvalue weighted by Crippen LogP contribution is -2.47. The van der Waals surface area contributed by atoms with Crippen LogP contribution < -0.4 is 15.1 Å². The van der Waals surface area contributed by atoms with Crippen LogP contribution in [0.1, 0.15) is 30.6 Å². The molecule has 1 amide bonds. The molecule has 1 saturated heterocycles. The molecule has 0 unspecified atom stereocenters. The molecule has 172 valence electrons. The van der Waals surface area contributed by atoms with Crippen molar-refractivity contribution in [3.05, 3.63) is 77.9 Å². The first-order valence-electron chi connectivity index (χ1n) is 11.0. The topological polar surface area (TPSA) is 74.2 Å². The van der Waals surface area contributed by atoms with E-state index in [4.69, 9.17) is 4.98 Å². The molecule has 2 aromatic heterocycles. The third-order valence-electron chi connectivity index (χ3n) is 5.66. The monoisotopic (exact) mass is 452 g/mol. The van der Waals surface area contributed by atoms with Gasteiger partial charge in [0, 0.05) is 38.8 Å². The lowest BCUT2D eigenvalue weighted by atomic mass is 10.1. The Balaban J connectivity index is 1.30. The molecule has 1 N–H and O–H groups in total. The zero-order valence-electron chi connectivity index (χ0n) is 18.4. The van der Waals surface area contributed by atoms with Gasteiger partial charge in [0.05, 0.1) is 24.1 Å². The Kier molecular flexibility index (Phi) is 7.07. The summed E-state index contributed by atoms with van der Waals surface area (Å²) in [6.45, 7) is 5.11. The number of carbonyl (C=O) groups is 1. The van der Waals surface area contributed by atoms with Gasteiger partial charge >= 0.3 is 0 Å². The van der Waals surface area contributed by atoms with E-state index in [1.807, 2.05) is 25.1 Å². The molecule has 1 atom stereocenters. The highest BCUT2D eigenvalue weighted by Crippen LogP contribution is 2.19. The molecule has 1 aliphatic heterocycles. The Morgan fingerprint density at radius 2 is 1.79 bits per heavy atom. The average molecular weight is 453 g/mol. The summed E-state index contributed by atoms with van der Waals surface area (Å²) in [5, 5.41) is 2.91. The van der Waals surface area contributed by atoms with Gasteiger partial charge in [0.15, 0.2) is 11.6 Å². The van der Waals surface area contributed by atoms with Gasteiger partial charge in [-0.25, -0.2) is 18.7 Å². The summed E-state index contributed by atoms with van der Waals surface area (Å²) in [7, 11) is 0. The van der Waals surface area contributed by atoms with Crippen molar-refractivity contribution in [1.82, 2.24) is 20.3 Å². The van der Waals surface area contributed by atoms with Gasteiger partial charge in [-0.05, 0) is 43.2 Å². The lowest BCUT2D eigenvalue weighted by Gasteiger charge is -2.36. The number of rotatable bonds is 7. The van der Waals surface area contributed by atoms with E-state index in [0.717, 1.165) is 49.9 Å². The largest absolute Gasteiger partial charge is 0.353 e. The van der Waals surface area contributed by atoms with E-state index < -0.39 is 11.6 Å². The number of benzene rings is 1. The Bertz CT molecular complexity index is 1090. The molecular formula is C24H26F2N6O. The number of nitrogens with one attached hydrogen (secondary N) is 1. The molecule has 3 aromatic rings. The van der Waals surface area contributed by atoms with Crippen LogP contribution in [0.4, 0.5) is 20.4 Å². The second-order valence-electron chi connectivity index (χ2n) is 8.00. The minimum atomic E-state index is -0.908. The number of aryl methyl sites for hydroxylation is 1. The number of amides is 1. The first-order chi connectivity index (χ1) is 16.0. The number of piperazine rings is 1. The molecule has 9 heteroatoms. The number of hydrogen-bond donors (Lipinski definition) is 1. The van der Waals surface area contributed by atoms with Crippen LogP contribution in [0.15, 0.2) is 55.0 Å². The minimum absolute atomic E-state index is 0.165. The number of hydrogen-bond acceptors (Lipinski definition) is 6. The molecule has 0 spiro atoms. The van der Waals surface area contributed by atoms with Crippen molar-refractivity contribution >= 4 is 17.5 Å². The quantitative estimate of drug-likeness (QED) is 0.593. The van der Waals surface area contributed by atoms with Crippen LogP contribution in [-0.4, -0.2) is 47.0 Å². The third kappa shape index (κ3) is 5.79. The maximum absolute atomic E-state index is 13.3. The Labute approximate surface area is 191 Å². The van der Waals surface area contributed by atoms with Gasteiger partial charge in [-0.15, -0.1) is 0 Å². The molecule has 4 rings (SSSR count). The van der Waals surface area contributed by atoms with E-state index in [1.54, 1.807) is 18.6 Å². The third-order valence-corrected chi connectivity index (χ3v) is 5.66. The summed E-state index contributed by atoms with van der Waals surface area (Å²) in [5.41, 5.74) is 1.24. The van der Waals surface area contributed by atoms with Gasteiger partial charge in [-0.2, -0.15) is 0 Å². The molecule has 33 heavy (non-hydrogen) atoms. The highest BCUT2D eigenvalue weighted by atomic mass is 19.2. The fourth-order valence-electron chi connectivity index (χ4n) is 3.78. The van der Waals surface area contributed by atoms with Crippen LogP contribution in [0.2, 0.25) is 0 Å². The lowest BCUT2D eigenvalue weighted by molar-refractivity contribution is -0.121. The number of carbonyl (C=O) groups excluding carboxylic acids is 1. The van der Waals surface area contributed by atoms with Crippen LogP contribution in [0, 0.1) is 11.6 Å². The number of halogens is 2. The molecule has 0 aliphatic carbocycles. The Morgan fingerprint density at radius 1 is 1.03 bits per heavy atom. The second kappa shape index (κ2) is 10.3. The molecule has 0 bridgehead atoms. The van der Waals surface area contributed by atoms with Crippen LogP contribution in [0.25, 0.3) is 0 Å². The van der Waals surface area contributed by atoms with E-state index in [2.05, 4.69) is 25.1 Å². The number of anilines is 2. The van der Waals surface area contributed by atoms with Crippen LogP contribution in [0.5, 0.6) is 0 Å². The smallest absolute Gasteiger partial charge is 0.220 e. The number of nitrogens with zero attached hydrogens (tertiary/aromatic N) is 5. The molecule has 7 nitrogen and oxygen atoms in total. The summed E-state index contributed by atoms with van der Waals surface area (Å²) in [4.78, 5) is 30.2. The maximum Gasteiger partial charge on any atom is 0.220 e. The van der Waals surface area contributed by atoms with Crippen LogP contribution in [0.3, 0.4) is 0 Å². The Hall–Kier alpha value is -3.62. The van der Waals surface area contributed by atoms with Gasteiger partial charge in [-0.3, -0.25) is 9.78 Å². The van der Waals surface area contributed by atoms with E-state index >= 15 is 0 Å². The van der Waals surface area contributed by atoms with Crippen LogP contribution >= 0.6 is 0 Å². The van der Waals surface area contributed by atoms with Crippen molar-refractivity contribution in [2.75, 3.05) is 36.0 Å². The molecule has 1 fully saturated rings. The number of aromatic nitrogens is 3. The first-order valence-corrected chi connectivity index (χ1v) is 11.0. The van der Waals surface area contributed by atoms with Gasteiger partial charge in [0.2, 0.25) is 5.91 Å². The molecular weight excluding hydrogens is 426 g/mol. The predicted molar refractivity (Wildman–Crippen MR) is 122 cm³/mol. The van der Waals surface area contributed by atoms with E-state index in [1.165, 1.54) is 6.07 Å². The van der Waals surface area contributed by atoms with Gasteiger partial charge in [0.25, 0.3) is 0 Å². The number of pyridine rings is 1. The predicted octanol–water partition coefficient (Wildman–Crippen LogP) is 3.29. The first kappa shape index (κ1) is 22.6. The van der Waals surface area contributed by atoms with Crippen molar-refractivity contribution in [2.45, 2.75) is 25.8 Å². The minimum Gasteiger partial charge on any atom is -0.353 e.